The van der Waals surface area contributed by atoms with Gasteiger partial charge in [0, 0.05) is 24.3 Å². The average molecular weight is 234 g/mol. The maximum absolute atomic E-state index is 4.26. The van der Waals surface area contributed by atoms with Crippen molar-refractivity contribution in [2.45, 2.75) is 38.6 Å². The van der Waals surface area contributed by atoms with Gasteiger partial charge < -0.3 is 10.2 Å². The number of rotatable bonds is 4. The Morgan fingerprint density at radius 3 is 3.06 bits per heavy atom. The summed E-state index contributed by atoms with van der Waals surface area (Å²) >= 11 is 0. The molecule has 17 heavy (non-hydrogen) atoms. The van der Waals surface area contributed by atoms with Crippen molar-refractivity contribution in [3.8, 4) is 0 Å². The number of likely N-dealkylation sites (N-methyl/N-ethyl adjacent to an activating group) is 1. The number of hydrogen-bond donors (Lipinski definition) is 1. The molecule has 0 spiro atoms. The van der Waals surface area contributed by atoms with Crippen molar-refractivity contribution in [1.29, 1.82) is 0 Å². The Kier molecular flexibility index (Phi) is 4.31. The number of nitrogens with zero attached hydrogens (tertiary/aromatic N) is 3. The van der Waals surface area contributed by atoms with E-state index in [4.69, 9.17) is 0 Å². The highest BCUT2D eigenvalue weighted by atomic mass is 15.2. The van der Waals surface area contributed by atoms with Gasteiger partial charge in [0.15, 0.2) is 0 Å². The zero-order valence-electron chi connectivity index (χ0n) is 10.8. The first kappa shape index (κ1) is 12.3. The smallest absolute Gasteiger partial charge is 0.129 e. The van der Waals surface area contributed by atoms with E-state index < -0.39 is 0 Å². The number of aryl methyl sites for hydroxylation is 1. The van der Waals surface area contributed by atoms with E-state index in [0.29, 0.717) is 6.04 Å². The Balaban J connectivity index is 1.88. The van der Waals surface area contributed by atoms with E-state index in [1.54, 1.807) is 6.33 Å². The largest absolute Gasteiger partial charge is 0.368 e. The van der Waals surface area contributed by atoms with Crippen LogP contribution in [0.3, 0.4) is 0 Å². The van der Waals surface area contributed by atoms with E-state index in [1.807, 2.05) is 6.07 Å². The molecule has 0 aromatic carbocycles. The van der Waals surface area contributed by atoms with Crippen LogP contribution in [0.2, 0.25) is 0 Å². The van der Waals surface area contributed by atoms with E-state index in [-0.39, 0.29) is 0 Å². The molecule has 1 atom stereocenters. The van der Waals surface area contributed by atoms with E-state index >= 15 is 0 Å². The van der Waals surface area contributed by atoms with E-state index in [2.05, 4.69) is 34.2 Å². The maximum Gasteiger partial charge on any atom is 0.129 e. The van der Waals surface area contributed by atoms with Crippen LogP contribution in [0.5, 0.6) is 0 Å². The first-order valence-corrected chi connectivity index (χ1v) is 6.54. The van der Waals surface area contributed by atoms with Crippen molar-refractivity contribution in [2.75, 3.05) is 25.5 Å². The molecule has 4 heteroatoms. The fourth-order valence-electron chi connectivity index (χ4n) is 2.31. The summed E-state index contributed by atoms with van der Waals surface area (Å²) in [5.41, 5.74) is 1.10. The fraction of sp³-hybridized carbons (Fsp3) is 0.692. The molecule has 0 radical (unpaired) electrons. The molecule has 1 aromatic rings. The van der Waals surface area contributed by atoms with Gasteiger partial charge in [0.1, 0.15) is 12.1 Å². The zero-order chi connectivity index (χ0) is 12.1. The number of hydrogen-bond acceptors (Lipinski definition) is 4. The maximum atomic E-state index is 4.26. The molecule has 0 bridgehead atoms. The quantitative estimate of drug-likeness (QED) is 0.864. The van der Waals surface area contributed by atoms with Crippen LogP contribution in [-0.4, -0.2) is 41.0 Å². The number of anilines is 1. The lowest BCUT2D eigenvalue weighted by molar-refractivity contribution is 0.194. The molecule has 2 rings (SSSR count). The Hall–Kier alpha value is -1.16. The molecule has 1 fully saturated rings. The standard InChI is InChI=1S/C13H22N4/c1-3-11-8-13(16-10-15-11)14-9-12-6-4-5-7-17(12)2/h8,10,12H,3-7,9H2,1-2H3,(H,14,15,16). The average Bonchev–Trinajstić information content (AvgIpc) is 2.38. The van der Waals surface area contributed by atoms with Crippen LogP contribution in [0.25, 0.3) is 0 Å². The van der Waals surface area contributed by atoms with Crippen molar-refractivity contribution in [3.63, 3.8) is 0 Å². The van der Waals surface area contributed by atoms with Crippen molar-refractivity contribution in [1.82, 2.24) is 14.9 Å². The summed E-state index contributed by atoms with van der Waals surface area (Å²) in [6.07, 6.45) is 6.57. The van der Waals surface area contributed by atoms with E-state index in [1.165, 1.54) is 25.8 Å². The first-order valence-electron chi connectivity index (χ1n) is 6.54. The molecule has 94 valence electrons. The van der Waals surface area contributed by atoms with Crippen LogP contribution in [-0.2, 0) is 6.42 Å². The molecule has 1 aliphatic heterocycles. The summed E-state index contributed by atoms with van der Waals surface area (Å²) in [6.45, 7) is 4.31. The lowest BCUT2D eigenvalue weighted by Crippen LogP contribution is -2.40. The number of nitrogens with one attached hydrogen (secondary N) is 1. The topological polar surface area (TPSA) is 41.0 Å². The molecular weight excluding hydrogens is 212 g/mol. The summed E-state index contributed by atoms with van der Waals surface area (Å²) in [5, 5.41) is 3.43. The summed E-state index contributed by atoms with van der Waals surface area (Å²) < 4.78 is 0. The second-order valence-corrected chi connectivity index (χ2v) is 4.76. The molecule has 1 unspecified atom stereocenters. The minimum Gasteiger partial charge on any atom is -0.368 e. The van der Waals surface area contributed by atoms with E-state index in [0.717, 1.165) is 24.5 Å². The normalized spacial score (nSPS) is 21.4. The van der Waals surface area contributed by atoms with Crippen LogP contribution < -0.4 is 5.32 Å². The van der Waals surface area contributed by atoms with Crippen LogP contribution in [0.15, 0.2) is 12.4 Å². The first-order chi connectivity index (χ1) is 8.29. The van der Waals surface area contributed by atoms with Gasteiger partial charge in [-0.25, -0.2) is 9.97 Å². The Bertz CT molecular complexity index is 353. The Morgan fingerprint density at radius 1 is 1.41 bits per heavy atom. The highest BCUT2D eigenvalue weighted by Gasteiger charge is 2.18. The summed E-state index contributed by atoms with van der Waals surface area (Å²) in [5.74, 6) is 0.954. The Labute approximate surface area is 103 Å². The van der Waals surface area contributed by atoms with E-state index in [9.17, 15) is 0 Å². The molecule has 1 saturated heterocycles. The highest BCUT2D eigenvalue weighted by Crippen LogP contribution is 2.15. The van der Waals surface area contributed by atoms with Crippen LogP contribution in [0, 0.1) is 0 Å². The minimum absolute atomic E-state index is 0.642. The minimum atomic E-state index is 0.642. The molecule has 1 aliphatic rings. The van der Waals surface area contributed by atoms with Gasteiger partial charge >= 0.3 is 0 Å². The van der Waals surface area contributed by atoms with Gasteiger partial charge in [-0.3, -0.25) is 0 Å². The molecule has 0 aliphatic carbocycles. The third-order valence-corrected chi connectivity index (χ3v) is 3.53. The van der Waals surface area contributed by atoms with Gasteiger partial charge in [-0.2, -0.15) is 0 Å². The zero-order valence-corrected chi connectivity index (χ0v) is 10.8. The molecule has 1 aromatic heterocycles. The SMILES string of the molecule is CCc1cc(NCC2CCCCN2C)ncn1. The molecule has 0 saturated carbocycles. The lowest BCUT2D eigenvalue weighted by atomic mass is 10.0. The molecular formula is C13H22N4. The van der Waals surface area contributed by atoms with Crippen molar-refractivity contribution < 1.29 is 0 Å². The highest BCUT2D eigenvalue weighted by molar-refractivity contribution is 5.34. The third kappa shape index (κ3) is 3.40. The van der Waals surface area contributed by atoms with Gasteiger partial charge in [0.25, 0.3) is 0 Å². The second kappa shape index (κ2) is 5.96. The van der Waals surface area contributed by atoms with Crippen molar-refractivity contribution in [3.05, 3.63) is 18.1 Å². The second-order valence-electron chi connectivity index (χ2n) is 4.76. The number of piperidine rings is 1. The third-order valence-electron chi connectivity index (χ3n) is 3.53. The summed E-state index contributed by atoms with van der Waals surface area (Å²) in [7, 11) is 2.21. The van der Waals surface area contributed by atoms with Crippen molar-refractivity contribution >= 4 is 5.82 Å². The monoisotopic (exact) mass is 234 g/mol. The predicted octanol–water partition coefficient (Wildman–Crippen LogP) is 1.94. The molecule has 2 heterocycles. The van der Waals surface area contributed by atoms with Gasteiger partial charge in [0.2, 0.25) is 0 Å². The van der Waals surface area contributed by atoms with Crippen LogP contribution >= 0.6 is 0 Å². The van der Waals surface area contributed by atoms with Gasteiger partial charge in [-0.15, -0.1) is 0 Å². The van der Waals surface area contributed by atoms with Gasteiger partial charge in [0.05, 0.1) is 0 Å². The summed E-state index contributed by atoms with van der Waals surface area (Å²) in [6, 6.07) is 2.69. The molecule has 1 N–H and O–H groups in total. The van der Waals surface area contributed by atoms with Gasteiger partial charge in [-0.05, 0) is 32.9 Å². The number of aromatic nitrogens is 2. The van der Waals surface area contributed by atoms with Crippen LogP contribution in [0.4, 0.5) is 5.82 Å². The lowest BCUT2D eigenvalue weighted by Gasteiger charge is -2.32. The van der Waals surface area contributed by atoms with Crippen LogP contribution in [0.1, 0.15) is 31.9 Å². The predicted molar refractivity (Wildman–Crippen MR) is 70.2 cm³/mol. The Morgan fingerprint density at radius 2 is 2.29 bits per heavy atom. The fourth-order valence-corrected chi connectivity index (χ4v) is 2.31. The van der Waals surface area contributed by atoms with Gasteiger partial charge in [-0.1, -0.05) is 13.3 Å². The molecule has 0 amide bonds. The number of likely N-dealkylation sites (tertiary alicyclic amines) is 1. The summed E-state index contributed by atoms with van der Waals surface area (Å²) in [4.78, 5) is 10.9. The molecule has 4 nitrogen and oxygen atoms in total. The van der Waals surface area contributed by atoms with Crippen molar-refractivity contribution in [2.24, 2.45) is 0 Å².